The summed E-state index contributed by atoms with van der Waals surface area (Å²) in [5.41, 5.74) is 5.69. The van der Waals surface area contributed by atoms with E-state index >= 15 is 0 Å². The van der Waals surface area contributed by atoms with Gasteiger partial charge in [0.15, 0.2) is 0 Å². The van der Waals surface area contributed by atoms with Crippen molar-refractivity contribution < 1.29 is 12.8 Å². The SMILES string of the molecule is CCN1CCC(NS(=O)(=O)c2cc(F)ccc2N)CC1. The van der Waals surface area contributed by atoms with Crippen molar-refractivity contribution in [1.29, 1.82) is 0 Å². The number of likely N-dealkylation sites (tertiary alicyclic amines) is 1. The van der Waals surface area contributed by atoms with Gasteiger partial charge < -0.3 is 10.6 Å². The third kappa shape index (κ3) is 3.47. The molecule has 0 saturated carbocycles. The zero-order valence-electron chi connectivity index (χ0n) is 11.5. The molecule has 1 aliphatic heterocycles. The lowest BCUT2D eigenvalue weighted by molar-refractivity contribution is 0.217. The van der Waals surface area contributed by atoms with Crippen LogP contribution < -0.4 is 10.5 Å². The average Bonchev–Trinajstić information content (AvgIpc) is 2.42. The highest BCUT2D eigenvalue weighted by atomic mass is 32.2. The van der Waals surface area contributed by atoms with Gasteiger partial charge in [-0.15, -0.1) is 0 Å². The standard InChI is InChI=1S/C13H20FN3O2S/c1-2-17-7-5-11(6-8-17)16-20(18,19)13-9-10(14)3-4-12(13)15/h3-4,9,11,16H,2,5-8,15H2,1H3. The van der Waals surface area contributed by atoms with Crippen LogP contribution in [0.4, 0.5) is 10.1 Å². The Balaban J connectivity index is 2.10. The number of halogens is 1. The van der Waals surface area contributed by atoms with Gasteiger partial charge in [-0.1, -0.05) is 6.92 Å². The van der Waals surface area contributed by atoms with Crippen molar-refractivity contribution in [1.82, 2.24) is 9.62 Å². The second kappa shape index (κ2) is 6.07. The molecule has 3 N–H and O–H groups in total. The van der Waals surface area contributed by atoms with Gasteiger partial charge in [-0.05, 0) is 50.7 Å². The van der Waals surface area contributed by atoms with Gasteiger partial charge in [0, 0.05) is 6.04 Å². The number of nitrogens with one attached hydrogen (secondary N) is 1. The first-order valence-corrected chi connectivity index (χ1v) is 8.20. The molecule has 1 aromatic rings. The number of nitrogen functional groups attached to an aromatic ring is 1. The van der Waals surface area contributed by atoms with Crippen LogP contribution in [0.25, 0.3) is 0 Å². The van der Waals surface area contributed by atoms with E-state index in [1.165, 1.54) is 6.07 Å². The van der Waals surface area contributed by atoms with Crippen LogP contribution in [0, 0.1) is 5.82 Å². The van der Waals surface area contributed by atoms with E-state index in [1.807, 2.05) is 0 Å². The second-order valence-electron chi connectivity index (χ2n) is 5.01. The molecule has 0 amide bonds. The number of nitrogens with two attached hydrogens (primary N) is 1. The quantitative estimate of drug-likeness (QED) is 0.819. The number of nitrogens with zero attached hydrogens (tertiary/aromatic N) is 1. The number of hydrogen-bond acceptors (Lipinski definition) is 4. The normalized spacial score (nSPS) is 18.3. The molecule has 0 atom stereocenters. The Morgan fingerprint density at radius 3 is 2.65 bits per heavy atom. The highest BCUT2D eigenvalue weighted by Gasteiger charge is 2.25. The Morgan fingerprint density at radius 2 is 2.05 bits per heavy atom. The van der Waals surface area contributed by atoms with Crippen molar-refractivity contribution in [2.24, 2.45) is 0 Å². The average molecular weight is 301 g/mol. The highest BCUT2D eigenvalue weighted by Crippen LogP contribution is 2.21. The van der Waals surface area contributed by atoms with Gasteiger partial charge >= 0.3 is 0 Å². The molecule has 1 aliphatic rings. The van der Waals surface area contributed by atoms with Crippen LogP contribution in [-0.2, 0) is 10.0 Å². The summed E-state index contributed by atoms with van der Waals surface area (Å²) in [6.07, 6.45) is 1.50. The minimum absolute atomic E-state index is 0.0601. The van der Waals surface area contributed by atoms with Crippen molar-refractivity contribution in [3.8, 4) is 0 Å². The predicted octanol–water partition coefficient (Wildman–Crippen LogP) is 1.17. The zero-order chi connectivity index (χ0) is 14.8. The first-order chi connectivity index (χ1) is 9.42. The summed E-state index contributed by atoms with van der Waals surface area (Å²) in [5.74, 6) is -0.611. The fourth-order valence-electron chi connectivity index (χ4n) is 2.39. The van der Waals surface area contributed by atoms with Crippen LogP contribution in [0.2, 0.25) is 0 Å². The summed E-state index contributed by atoms with van der Waals surface area (Å²) < 4.78 is 40.3. The second-order valence-corrected chi connectivity index (χ2v) is 6.69. The third-order valence-electron chi connectivity index (χ3n) is 3.62. The molecule has 1 heterocycles. The molecule has 5 nitrogen and oxygen atoms in total. The molecule has 20 heavy (non-hydrogen) atoms. The molecule has 0 bridgehead atoms. The van der Waals surface area contributed by atoms with Crippen LogP contribution >= 0.6 is 0 Å². The van der Waals surface area contributed by atoms with E-state index in [-0.39, 0.29) is 16.6 Å². The monoisotopic (exact) mass is 301 g/mol. The maximum Gasteiger partial charge on any atom is 0.242 e. The van der Waals surface area contributed by atoms with Crippen LogP contribution in [0.3, 0.4) is 0 Å². The van der Waals surface area contributed by atoms with Crippen LogP contribution in [0.1, 0.15) is 19.8 Å². The summed E-state index contributed by atoms with van der Waals surface area (Å²) >= 11 is 0. The minimum Gasteiger partial charge on any atom is -0.398 e. The third-order valence-corrected chi connectivity index (χ3v) is 5.20. The zero-order valence-corrected chi connectivity index (χ0v) is 12.3. The van der Waals surface area contributed by atoms with Gasteiger partial charge in [0.1, 0.15) is 10.7 Å². The molecule has 1 saturated heterocycles. The molecule has 0 aromatic heterocycles. The van der Waals surface area contributed by atoms with Crippen molar-refractivity contribution in [2.75, 3.05) is 25.4 Å². The first kappa shape index (κ1) is 15.2. The Labute approximate surface area is 119 Å². The van der Waals surface area contributed by atoms with Gasteiger partial charge in [-0.2, -0.15) is 0 Å². The molecule has 112 valence electrons. The fraction of sp³-hybridized carbons (Fsp3) is 0.538. The molecule has 0 unspecified atom stereocenters. The smallest absolute Gasteiger partial charge is 0.242 e. The molecular formula is C13H20FN3O2S. The summed E-state index contributed by atoms with van der Waals surface area (Å²) in [6, 6.07) is 3.25. The maximum absolute atomic E-state index is 13.2. The molecule has 1 aromatic carbocycles. The minimum atomic E-state index is -3.77. The van der Waals surface area contributed by atoms with Crippen LogP contribution in [-0.4, -0.2) is 39.0 Å². The molecule has 0 radical (unpaired) electrons. The van der Waals surface area contributed by atoms with E-state index in [0.29, 0.717) is 0 Å². The largest absolute Gasteiger partial charge is 0.398 e. The fourth-order valence-corrected chi connectivity index (χ4v) is 3.84. The molecule has 0 spiro atoms. The van der Waals surface area contributed by atoms with E-state index < -0.39 is 15.8 Å². The Bertz CT molecular complexity index is 569. The van der Waals surface area contributed by atoms with Gasteiger partial charge in [0.2, 0.25) is 10.0 Å². The number of anilines is 1. The number of hydrogen-bond donors (Lipinski definition) is 2. The lowest BCUT2D eigenvalue weighted by Crippen LogP contribution is -2.44. The summed E-state index contributed by atoms with van der Waals surface area (Å²) in [7, 11) is -3.77. The lowest BCUT2D eigenvalue weighted by atomic mass is 10.1. The maximum atomic E-state index is 13.2. The van der Waals surface area contributed by atoms with Crippen molar-refractivity contribution >= 4 is 15.7 Å². The van der Waals surface area contributed by atoms with Crippen molar-refractivity contribution in [3.63, 3.8) is 0 Å². The number of piperidine rings is 1. The van der Waals surface area contributed by atoms with Crippen molar-refractivity contribution in [2.45, 2.75) is 30.7 Å². The molecule has 2 rings (SSSR count). The van der Waals surface area contributed by atoms with Gasteiger partial charge in [0.25, 0.3) is 0 Å². The van der Waals surface area contributed by atoms with Gasteiger partial charge in [-0.3, -0.25) is 0 Å². The Hall–Kier alpha value is -1.18. The van der Waals surface area contributed by atoms with Crippen LogP contribution in [0.15, 0.2) is 23.1 Å². The lowest BCUT2D eigenvalue weighted by Gasteiger charge is -2.31. The topological polar surface area (TPSA) is 75.4 Å². The van der Waals surface area contributed by atoms with E-state index in [2.05, 4.69) is 16.5 Å². The van der Waals surface area contributed by atoms with Crippen LogP contribution in [0.5, 0.6) is 0 Å². The van der Waals surface area contributed by atoms with Gasteiger partial charge in [-0.25, -0.2) is 17.5 Å². The number of benzene rings is 1. The molecular weight excluding hydrogens is 281 g/mol. The van der Waals surface area contributed by atoms with E-state index in [0.717, 1.165) is 44.6 Å². The molecule has 0 aliphatic carbocycles. The summed E-state index contributed by atoms with van der Waals surface area (Å²) in [5, 5.41) is 0. The number of rotatable bonds is 4. The summed E-state index contributed by atoms with van der Waals surface area (Å²) in [4.78, 5) is 2.08. The van der Waals surface area contributed by atoms with Crippen molar-refractivity contribution in [3.05, 3.63) is 24.0 Å². The number of sulfonamides is 1. The molecule has 7 heteroatoms. The van der Waals surface area contributed by atoms with E-state index in [1.54, 1.807) is 0 Å². The predicted molar refractivity (Wildman–Crippen MR) is 76.3 cm³/mol. The van der Waals surface area contributed by atoms with E-state index in [4.69, 9.17) is 5.73 Å². The van der Waals surface area contributed by atoms with E-state index in [9.17, 15) is 12.8 Å². The van der Waals surface area contributed by atoms with Gasteiger partial charge in [0.05, 0.1) is 5.69 Å². The summed E-state index contributed by atoms with van der Waals surface area (Å²) in [6.45, 7) is 4.78. The first-order valence-electron chi connectivity index (χ1n) is 6.72. The highest BCUT2D eigenvalue weighted by molar-refractivity contribution is 7.89. The molecule has 1 fully saturated rings. The Kier molecular flexibility index (Phi) is 4.62. The Morgan fingerprint density at radius 1 is 1.40 bits per heavy atom.